The molecule has 0 saturated carbocycles. The fourth-order valence-corrected chi connectivity index (χ4v) is 1.86. The molecule has 120 valence electrons. The number of aliphatic hydroxyl groups excluding tert-OH is 1. The minimum absolute atomic E-state index is 0.152. The van der Waals surface area contributed by atoms with Crippen molar-refractivity contribution in [1.29, 1.82) is 0 Å². The summed E-state index contributed by atoms with van der Waals surface area (Å²) >= 11 is 0. The summed E-state index contributed by atoms with van der Waals surface area (Å²) < 4.78 is 24.9. The minimum Gasteiger partial charge on any atom is -0.395 e. The maximum Gasteiger partial charge on any atom is 0.255 e. The van der Waals surface area contributed by atoms with Crippen molar-refractivity contribution in [1.82, 2.24) is 4.90 Å². The van der Waals surface area contributed by atoms with E-state index in [1.807, 2.05) is 0 Å². The van der Waals surface area contributed by atoms with E-state index in [0.717, 1.165) is 11.0 Å². The highest BCUT2D eigenvalue weighted by Gasteiger charge is 2.19. The van der Waals surface area contributed by atoms with Crippen LogP contribution in [0, 0.1) is 0 Å². The number of rotatable bonds is 8. The van der Waals surface area contributed by atoms with E-state index in [-0.39, 0.29) is 13.0 Å². The van der Waals surface area contributed by atoms with Crippen LogP contribution in [-0.2, 0) is 16.0 Å². The molecule has 0 spiro atoms. The number of nitrogens with one attached hydrogen (secondary N) is 1. The van der Waals surface area contributed by atoms with Gasteiger partial charge in [-0.2, -0.15) is 0 Å². The number of aliphatic hydroxyl groups is 1. The molecule has 2 N–H and O–H groups in total. The molecule has 0 aliphatic carbocycles. The second kappa shape index (κ2) is 8.89. The highest BCUT2D eigenvalue weighted by molar-refractivity contribution is 5.99. The number of carbonyl (C=O) groups excluding carboxylic acids is 2. The van der Waals surface area contributed by atoms with Crippen LogP contribution in [0.25, 0.3) is 0 Å². The van der Waals surface area contributed by atoms with Crippen molar-refractivity contribution in [3.05, 3.63) is 42.5 Å². The lowest BCUT2D eigenvalue weighted by Crippen LogP contribution is -2.38. The van der Waals surface area contributed by atoms with Crippen LogP contribution < -0.4 is 5.32 Å². The molecule has 2 amide bonds. The summed E-state index contributed by atoms with van der Waals surface area (Å²) in [5, 5.41) is 11.4. The van der Waals surface area contributed by atoms with E-state index in [9.17, 15) is 18.4 Å². The number of carbonyl (C=O) groups is 2. The van der Waals surface area contributed by atoms with Gasteiger partial charge in [-0.25, -0.2) is 8.78 Å². The average Bonchev–Trinajstić information content (AvgIpc) is 2.48. The van der Waals surface area contributed by atoms with Gasteiger partial charge in [-0.1, -0.05) is 24.8 Å². The zero-order valence-electron chi connectivity index (χ0n) is 12.0. The van der Waals surface area contributed by atoms with Gasteiger partial charge in [0.15, 0.2) is 0 Å². The Morgan fingerprint density at radius 1 is 1.36 bits per heavy atom. The first kappa shape index (κ1) is 17.8. The summed E-state index contributed by atoms with van der Waals surface area (Å²) in [6.07, 6.45) is -1.74. The number of hydrogen-bond acceptors (Lipinski definition) is 3. The fourth-order valence-electron chi connectivity index (χ4n) is 1.86. The number of para-hydroxylation sites is 1. The zero-order chi connectivity index (χ0) is 16.5. The van der Waals surface area contributed by atoms with Gasteiger partial charge in [0.2, 0.25) is 11.8 Å². The van der Waals surface area contributed by atoms with Gasteiger partial charge in [0.1, 0.15) is 0 Å². The first-order chi connectivity index (χ1) is 10.5. The third-order valence-corrected chi connectivity index (χ3v) is 2.88. The Morgan fingerprint density at radius 2 is 2.05 bits per heavy atom. The van der Waals surface area contributed by atoms with Gasteiger partial charge >= 0.3 is 0 Å². The van der Waals surface area contributed by atoms with Gasteiger partial charge in [-0.05, 0) is 17.7 Å². The van der Waals surface area contributed by atoms with Crippen LogP contribution in [0.15, 0.2) is 36.9 Å². The molecule has 7 heteroatoms. The van der Waals surface area contributed by atoms with E-state index in [1.54, 1.807) is 24.3 Å². The van der Waals surface area contributed by atoms with Crippen LogP contribution in [0.5, 0.6) is 0 Å². The summed E-state index contributed by atoms with van der Waals surface area (Å²) in [7, 11) is 0. The van der Waals surface area contributed by atoms with Crippen LogP contribution in [0.2, 0.25) is 0 Å². The number of anilines is 1. The van der Waals surface area contributed by atoms with E-state index < -0.39 is 31.4 Å². The standard InChI is InChI=1S/C15H18F2N2O3/c1-2-14(21)18-12-6-4-3-5-11(12)9-15(22)19(7-8-20)10-13(16)17/h2-6,13,20H,1,7-10H2,(H,18,21). The molecule has 22 heavy (non-hydrogen) atoms. The topological polar surface area (TPSA) is 69.6 Å². The molecule has 0 aliphatic heterocycles. The molecule has 0 unspecified atom stereocenters. The highest BCUT2D eigenvalue weighted by Crippen LogP contribution is 2.17. The number of hydrogen-bond donors (Lipinski definition) is 2. The Hall–Kier alpha value is -2.28. The molecule has 1 aromatic carbocycles. The quantitative estimate of drug-likeness (QED) is 0.714. The van der Waals surface area contributed by atoms with E-state index >= 15 is 0 Å². The van der Waals surface area contributed by atoms with Crippen molar-refractivity contribution in [2.75, 3.05) is 25.0 Å². The molecular formula is C15H18F2N2O3. The number of nitrogens with zero attached hydrogens (tertiary/aromatic N) is 1. The second-order valence-electron chi connectivity index (χ2n) is 4.48. The SMILES string of the molecule is C=CC(=O)Nc1ccccc1CC(=O)N(CCO)CC(F)F. The van der Waals surface area contributed by atoms with Crippen molar-refractivity contribution < 1.29 is 23.5 Å². The predicted molar refractivity (Wildman–Crippen MR) is 78.6 cm³/mol. The Kier molecular flexibility index (Phi) is 7.18. The molecular weight excluding hydrogens is 294 g/mol. The Labute approximate surface area is 127 Å². The van der Waals surface area contributed by atoms with Gasteiger partial charge in [-0.3, -0.25) is 9.59 Å². The van der Waals surface area contributed by atoms with Gasteiger partial charge in [-0.15, -0.1) is 0 Å². The first-order valence-electron chi connectivity index (χ1n) is 6.66. The number of amides is 2. The van der Waals surface area contributed by atoms with E-state index in [1.165, 1.54) is 0 Å². The summed E-state index contributed by atoms with van der Waals surface area (Å²) in [6, 6.07) is 6.58. The summed E-state index contributed by atoms with van der Waals surface area (Å²) in [6.45, 7) is 2.04. The minimum atomic E-state index is -2.67. The first-order valence-corrected chi connectivity index (χ1v) is 6.66. The maximum atomic E-state index is 12.5. The molecule has 1 rings (SSSR count). The summed E-state index contributed by atoms with van der Waals surface area (Å²) in [5.74, 6) is -0.977. The van der Waals surface area contributed by atoms with Gasteiger partial charge < -0.3 is 15.3 Å². The van der Waals surface area contributed by atoms with E-state index in [4.69, 9.17) is 5.11 Å². The van der Waals surface area contributed by atoms with Crippen molar-refractivity contribution in [3.8, 4) is 0 Å². The molecule has 0 bridgehead atoms. The Bertz CT molecular complexity index is 535. The zero-order valence-corrected chi connectivity index (χ0v) is 12.0. The molecule has 0 aliphatic rings. The average molecular weight is 312 g/mol. The molecule has 0 fully saturated rings. The van der Waals surface area contributed by atoms with Gasteiger partial charge in [0, 0.05) is 12.2 Å². The lowest BCUT2D eigenvalue weighted by Gasteiger charge is -2.22. The predicted octanol–water partition coefficient (Wildman–Crippen LogP) is 1.44. The second-order valence-corrected chi connectivity index (χ2v) is 4.48. The highest BCUT2D eigenvalue weighted by atomic mass is 19.3. The molecule has 0 radical (unpaired) electrons. The number of halogens is 2. The van der Waals surface area contributed by atoms with Crippen LogP contribution in [0.4, 0.5) is 14.5 Å². The van der Waals surface area contributed by atoms with Crippen molar-refractivity contribution >= 4 is 17.5 Å². The van der Waals surface area contributed by atoms with Crippen molar-refractivity contribution in [3.63, 3.8) is 0 Å². The molecule has 0 atom stereocenters. The fraction of sp³-hybridized carbons (Fsp3) is 0.333. The Balaban J connectivity index is 2.85. The van der Waals surface area contributed by atoms with Gasteiger partial charge in [0.05, 0.1) is 19.6 Å². The normalized spacial score (nSPS) is 10.4. The monoisotopic (exact) mass is 312 g/mol. The molecule has 0 saturated heterocycles. The van der Waals surface area contributed by atoms with Crippen molar-refractivity contribution in [2.45, 2.75) is 12.8 Å². The maximum absolute atomic E-state index is 12.5. The summed E-state index contributed by atoms with van der Waals surface area (Å²) in [4.78, 5) is 24.3. The molecule has 0 heterocycles. The largest absolute Gasteiger partial charge is 0.395 e. The smallest absolute Gasteiger partial charge is 0.255 e. The summed E-state index contributed by atoms with van der Waals surface area (Å²) in [5.41, 5.74) is 0.918. The van der Waals surface area contributed by atoms with Crippen LogP contribution in [-0.4, -0.2) is 47.9 Å². The number of benzene rings is 1. The molecule has 0 aromatic heterocycles. The third kappa shape index (κ3) is 5.61. The lowest BCUT2D eigenvalue weighted by atomic mass is 10.1. The van der Waals surface area contributed by atoms with Crippen LogP contribution in [0.3, 0.4) is 0 Å². The lowest BCUT2D eigenvalue weighted by molar-refractivity contribution is -0.133. The van der Waals surface area contributed by atoms with Crippen molar-refractivity contribution in [2.24, 2.45) is 0 Å². The van der Waals surface area contributed by atoms with E-state index in [2.05, 4.69) is 11.9 Å². The molecule has 1 aromatic rings. The third-order valence-electron chi connectivity index (χ3n) is 2.88. The Morgan fingerprint density at radius 3 is 2.64 bits per heavy atom. The molecule has 5 nitrogen and oxygen atoms in total. The number of alkyl halides is 2. The van der Waals surface area contributed by atoms with Crippen LogP contribution >= 0.6 is 0 Å². The van der Waals surface area contributed by atoms with Gasteiger partial charge in [0.25, 0.3) is 6.43 Å². The van der Waals surface area contributed by atoms with E-state index in [0.29, 0.717) is 11.3 Å². The van der Waals surface area contributed by atoms with Crippen LogP contribution in [0.1, 0.15) is 5.56 Å².